The maximum atomic E-state index is 13.9. The van der Waals surface area contributed by atoms with Gasteiger partial charge in [-0.15, -0.1) is 0 Å². The molecular weight excluding hydrogens is 367 g/mol. The Hall–Kier alpha value is -2.12. The minimum absolute atomic E-state index is 0.296. The summed E-state index contributed by atoms with van der Waals surface area (Å²) < 4.78 is 16.6. The number of rotatable bonds is 3. The zero-order valence-electron chi connectivity index (χ0n) is 11.2. The Kier molecular flexibility index (Phi) is 4.26. The van der Waals surface area contributed by atoms with E-state index in [0.717, 1.165) is 10.0 Å². The van der Waals surface area contributed by atoms with Crippen LogP contribution in [0.15, 0.2) is 58.1 Å². The summed E-state index contributed by atoms with van der Waals surface area (Å²) in [6.07, 6.45) is 1.64. The molecule has 0 saturated carbocycles. The maximum absolute atomic E-state index is 13.9. The van der Waals surface area contributed by atoms with Crippen LogP contribution in [0.25, 0.3) is 11.4 Å². The fraction of sp³-hybridized carbons (Fsp3) is 0. The van der Waals surface area contributed by atoms with Gasteiger partial charge in [0, 0.05) is 4.47 Å². The highest BCUT2D eigenvalue weighted by molar-refractivity contribution is 9.10. The average molecular weight is 377 g/mol. The van der Waals surface area contributed by atoms with Crippen LogP contribution in [0.5, 0.6) is 0 Å². The lowest BCUT2D eigenvalue weighted by molar-refractivity contribution is 0.628. The number of nitrogens with one attached hydrogen (secondary N) is 1. The lowest BCUT2D eigenvalue weighted by Crippen LogP contribution is -1.96. The van der Waals surface area contributed by atoms with E-state index in [1.165, 1.54) is 10.7 Å². The van der Waals surface area contributed by atoms with Gasteiger partial charge in [0.1, 0.15) is 5.82 Å². The SMILES string of the molecule is Fc1ccccc1-c1n[nH]c(=S)n1/N=C/c1cccc(Br)c1. The summed E-state index contributed by atoms with van der Waals surface area (Å²) in [5.74, 6) is -0.0512. The molecule has 0 aliphatic carbocycles. The highest BCUT2D eigenvalue weighted by Gasteiger charge is 2.12. The Morgan fingerprint density at radius 3 is 2.82 bits per heavy atom. The molecule has 2 aromatic carbocycles. The largest absolute Gasteiger partial charge is 0.250 e. The molecule has 0 amide bonds. The first-order chi connectivity index (χ1) is 10.6. The summed E-state index contributed by atoms with van der Waals surface area (Å²) in [6.45, 7) is 0. The minimum Gasteiger partial charge on any atom is -0.250 e. The zero-order valence-corrected chi connectivity index (χ0v) is 13.6. The molecule has 22 heavy (non-hydrogen) atoms. The molecule has 4 nitrogen and oxygen atoms in total. The molecule has 0 aliphatic rings. The number of halogens is 2. The topological polar surface area (TPSA) is 46.0 Å². The highest BCUT2D eigenvalue weighted by atomic mass is 79.9. The molecule has 1 aromatic heterocycles. The molecule has 0 fully saturated rings. The molecule has 0 unspecified atom stereocenters. The van der Waals surface area contributed by atoms with Crippen LogP contribution >= 0.6 is 28.1 Å². The first-order valence-electron chi connectivity index (χ1n) is 6.37. The van der Waals surface area contributed by atoms with Crippen LogP contribution < -0.4 is 0 Å². The normalized spacial score (nSPS) is 11.2. The van der Waals surface area contributed by atoms with Gasteiger partial charge in [-0.3, -0.25) is 0 Å². The van der Waals surface area contributed by atoms with Gasteiger partial charge in [-0.2, -0.15) is 14.9 Å². The van der Waals surface area contributed by atoms with E-state index in [4.69, 9.17) is 12.2 Å². The van der Waals surface area contributed by atoms with Crippen molar-refractivity contribution in [3.63, 3.8) is 0 Å². The molecular formula is C15H10BrFN4S. The van der Waals surface area contributed by atoms with Crippen LogP contribution in [-0.4, -0.2) is 21.1 Å². The van der Waals surface area contributed by atoms with E-state index in [9.17, 15) is 4.39 Å². The average Bonchev–Trinajstić information content (AvgIpc) is 2.87. The number of nitrogens with zero attached hydrogens (tertiary/aromatic N) is 3. The third-order valence-electron chi connectivity index (χ3n) is 2.94. The predicted molar refractivity (Wildman–Crippen MR) is 89.9 cm³/mol. The maximum Gasteiger partial charge on any atom is 0.216 e. The van der Waals surface area contributed by atoms with Crippen LogP contribution in [0.3, 0.4) is 0 Å². The van der Waals surface area contributed by atoms with Crippen molar-refractivity contribution in [2.24, 2.45) is 5.10 Å². The number of benzene rings is 2. The Morgan fingerprint density at radius 1 is 1.23 bits per heavy atom. The van der Waals surface area contributed by atoms with Crippen LogP contribution in [-0.2, 0) is 0 Å². The van der Waals surface area contributed by atoms with Gasteiger partial charge in [-0.05, 0) is 42.0 Å². The molecule has 3 aromatic rings. The van der Waals surface area contributed by atoms with Crippen LogP contribution in [0.2, 0.25) is 0 Å². The number of aromatic nitrogens is 3. The minimum atomic E-state index is -0.379. The van der Waals surface area contributed by atoms with Crippen molar-refractivity contribution in [2.45, 2.75) is 0 Å². The standard InChI is InChI=1S/C15H10BrFN4S/c16-11-5-3-4-10(8-11)9-18-21-14(19-20-15(21)22)12-6-1-2-7-13(12)17/h1-9H,(H,20,22)/b18-9+. The van der Waals surface area contributed by atoms with Crippen molar-refractivity contribution in [3.05, 3.63) is 69.2 Å². The molecule has 0 atom stereocenters. The first-order valence-corrected chi connectivity index (χ1v) is 7.57. The molecule has 110 valence electrons. The zero-order chi connectivity index (χ0) is 15.5. The Balaban J connectivity index is 2.04. The Morgan fingerprint density at radius 2 is 2.05 bits per heavy atom. The summed E-state index contributed by atoms with van der Waals surface area (Å²) in [4.78, 5) is 0. The van der Waals surface area contributed by atoms with E-state index in [2.05, 4.69) is 31.2 Å². The first kappa shape index (κ1) is 14.8. The second-order valence-corrected chi connectivity index (χ2v) is 5.75. The second kappa shape index (κ2) is 6.33. The second-order valence-electron chi connectivity index (χ2n) is 4.44. The van der Waals surface area contributed by atoms with Crippen molar-refractivity contribution in [3.8, 4) is 11.4 Å². The number of aromatic amines is 1. The molecule has 0 bridgehead atoms. The Bertz CT molecular complexity index is 900. The van der Waals surface area contributed by atoms with Crippen LogP contribution in [0.4, 0.5) is 4.39 Å². The monoisotopic (exact) mass is 376 g/mol. The van der Waals surface area contributed by atoms with Crippen molar-refractivity contribution >= 4 is 34.4 Å². The molecule has 3 rings (SSSR count). The van der Waals surface area contributed by atoms with Gasteiger partial charge in [-0.25, -0.2) is 9.49 Å². The van der Waals surface area contributed by atoms with Crippen molar-refractivity contribution < 1.29 is 4.39 Å². The molecule has 1 N–H and O–H groups in total. The highest BCUT2D eigenvalue weighted by Crippen LogP contribution is 2.20. The van der Waals surface area contributed by atoms with Gasteiger partial charge < -0.3 is 0 Å². The molecule has 0 aliphatic heterocycles. The van der Waals surface area contributed by atoms with Gasteiger partial charge in [0.05, 0.1) is 11.8 Å². The summed E-state index contributed by atoms with van der Waals surface area (Å²) in [6, 6.07) is 14.0. The van der Waals surface area contributed by atoms with Crippen molar-refractivity contribution in [2.75, 3.05) is 0 Å². The lowest BCUT2D eigenvalue weighted by atomic mass is 10.2. The van der Waals surface area contributed by atoms with Gasteiger partial charge in [0.2, 0.25) is 4.77 Å². The quantitative estimate of drug-likeness (QED) is 0.544. The fourth-order valence-corrected chi connectivity index (χ4v) is 2.52. The third kappa shape index (κ3) is 3.05. The van der Waals surface area contributed by atoms with E-state index in [1.54, 1.807) is 24.4 Å². The third-order valence-corrected chi connectivity index (χ3v) is 3.69. The summed E-state index contributed by atoms with van der Waals surface area (Å²) in [5, 5.41) is 11.0. The van der Waals surface area contributed by atoms with Gasteiger partial charge in [0.25, 0.3) is 0 Å². The van der Waals surface area contributed by atoms with E-state index in [0.29, 0.717) is 16.2 Å². The number of hydrogen-bond donors (Lipinski definition) is 1. The van der Waals surface area contributed by atoms with Crippen molar-refractivity contribution in [1.82, 2.24) is 14.9 Å². The van der Waals surface area contributed by atoms with Crippen molar-refractivity contribution in [1.29, 1.82) is 0 Å². The van der Waals surface area contributed by atoms with Gasteiger partial charge in [0.15, 0.2) is 5.82 Å². The van der Waals surface area contributed by atoms with Gasteiger partial charge >= 0.3 is 0 Å². The summed E-state index contributed by atoms with van der Waals surface area (Å²) in [7, 11) is 0. The van der Waals surface area contributed by atoms with Gasteiger partial charge in [-0.1, -0.05) is 40.2 Å². The molecule has 1 heterocycles. The van der Waals surface area contributed by atoms with Crippen LogP contribution in [0.1, 0.15) is 5.56 Å². The lowest BCUT2D eigenvalue weighted by Gasteiger charge is -2.02. The fourth-order valence-electron chi connectivity index (χ4n) is 1.93. The van der Waals surface area contributed by atoms with E-state index >= 15 is 0 Å². The Labute approximate surface area is 139 Å². The van der Waals surface area contributed by atoms with E-state index in [-0.39, 0.29) is 5.82 Å². The van der Waals surface area contributed by atoms with E-state index in [1.807, 2.05) is 24.3 Å². The molecule has 0 radical (unpaired) electrons. The molecule has 7 heteroatoms. The smallest absolute Gasteiger partial charge is 0.216 e. The predicted octanol–water partition coefficient (Wildman–Crippen LogP) is 4.39. The summed E-state index contributed by atoms with van der Waals surface area (Å²) in [5.41, 5.74) is 1.22. The molecule has 0 saturated heterocycles. The number of hydrogen-bond acceptors (Lipinski definition) is 3. The molecule has 0 spiro atoms. The van der Waals surface area contributed by atoms with E-state index < -0.39 is 0 Å². The number of H-pyrrole nitrogens is 1. The summed E-state index contributed by atoms with van der Waals surface area (Å²) >= 11 is 8.56. The van der Waals surface area contributed by atoms with Crippen LogP contribution in [0, 0.1) is 10.6 Å².